The van der Waals surface area contributed by atoms with Crippen LogP contribution in [-0.2, 0) is 9.59 Å². The number of anilines is 1. The zero-order chi connectivity index (χ0) is 13.5. The van der Waals surface area contributed by atoms with Gasteiger partial charge in [0.15, 0.2) is 0 Å². The second-order valence-electron chi connectivity index (χ2n) is 3.85. The minimum atomic E-state index is -0.592. The molecule has 0 aliphatic rings. The first-order valence-corrected chi connectivity index (χ1v) is 6.47. The van der Waals surface area contributed by atoms with Gasteiger partial charge in [-0.15, -0.1) is 0 Å². The molecule has 0 spiro atoms. The highest BCUT2D eigenvalue weighted by molar-refractivity contribution is 7.80. The molecule has 0 radical (unpaired) electrons. The van der Waals surface area contributed by atoms with Gasteiger partial charge in [0.05, 0.1) is 0 Å². The fourth-order valence-electron chi connectivity index (χ4n) is 1.69. The van der Waals surface area contributed by atoms with Crippen LogP contribution in [0.4, 0.5) is 5.69 Å². The first-order chi connectivity index (χ1) is 8.60. The third kappa shape index (κ3) is 3.77. The van der Waals surface area contributed by atoms with Gasteiger partial charge in [-0.3, -0.25) is 9.59 Å². The van der Waals surface area contributed by atoms with Crippen molar-refractivity contribution in [3.05, 3.63) is 30.3 Å². The Morgan fingerprint density at radius 1 is 1.33 bits per heavy atom. The Bertz CT molecular complexity index is 409. The van der Waals surface area contributed by atoms with Crippen molar-refractivity contribution < 1.29 is 9.59 Å². The van der Waals surface area contributed by atoms with Gasteiger partial charge in [0.1, 0.15) is 6.04 Å². The molecule has 98 valence electrons. The maximum absolute atomic E-state index is 12.3. The number of carbonyl (C=O) groups is 2. The number of hydrogen-bond donors (Lipinski definition) is 2. The van der Waals surface area contributed by atoms with Crippen molar-refractivity contribution in [2.24, 2.45) is 0 Å². The summed E-state index contributed by atoms with van der Waals surface area (Å²) in [5, 5.41) is 2.61. The van der Waals surface area contributed by atoms with Crippen LogP contribution in [-0.4, -0.2) is 30.2 Å². The minimum absolute atomic E-state index is 0.145. The van der Waals surface area contributed by atoms with Crippen LogP contribution >= 0.6 is 12.6 Å². The van der Waals surface area contributed by atoms with Crippen LogP contribution < -0.4 is 10.2 Å². The van der Waals surface area contributed by atoms with Crippen LogP contribution in [0.1, 0.15) is 13.8 Å². The normalized spacial score (nSPS) is 11.7. The largest absolute Gasteiger partial charge is 0.344 e. The summed E-state index contributed by atoms with van der Waals surface area (Å²) in [6, 6.07) is 8.78. The highest BCUT2D eigenvalue weighted by Gasteiger charge is 2.23. The Labute approximate surface area is 113 Å². The van der Waals surface area contributed by atoms with Gasteiger partial charge in [0, 0.05) is 24.9 Å². The summed E-state index contributed by atoms with van der Waals surface area (Å²) in [6.07, 6.45) is 0. The maximum Gasteiger partial charge on any atom is 0.250 e. The number of nitrogens with one attached hydrogen (secondary N) is 1. The lowest BCUT2D eigenvalue weighted by Gasteiger charge is -2.25. The van der Waals surface area contributed by atoms with Crippen molar-refractivity contribution >= 4 is 30.1 Å². The third-order valence-electron chi connectivity index (χ3n) is 2.51. The Hall–Kier alpha value is -1.49. The van der Waals surface area contributed by atoms with Gasteiger partial charge in [0.2, 0.25) is 11.8 Å². The van der Waals surface area contributed by atoms with E-state index in [1.807, 2.05) is 37.3 Å². The molecule has 1 rings (SSSR count). The summed E-state index contributed by atoms with van der Waals surface area (Å²) in [5.41, 5.74) is 0.821. The second-order valence-corrected chi connectivity index (χ2v) is 4.22. The van der Waals surface area contributed by atoms with Crippen LogP contribution in [0.15, 0.2) is 30.3 Å². The topological polar surface area (TPSA) is 49.4 Å². The lowest BCUT2D eigenvalue weighted by Crippen LogP contribution is -2.49. The first-order valence-electron chi connectivity index (χ1n) is 5.84. The van der Waals surface area contributed by atoms with E-state index < -0.39 is 6.04 Å². The van der Waals surface area contributed by atoms with E-state index in [1.54, 1.807) is 4.90 Å². The Balaban J connectivity index is 2.87. The molecule has 0 aliphatic carbocycles. The average molecular weight is 266 g/mol. The molecule has 1 aromatic rings. The van der Waals surface area contributed by atoms with E-state index in [-0.39, 0.29) is 17.6 Å². The van der Waals surface area contributed by atoms with Crippen LogP contribution in [0.25, 0.3) is 0 Å². The van der Waals surface area contributed by atoms with E-state index in [0.29, 0.717) is 6.54 Å². The van der Waals surface area contributed by atoms with E-state index >= 15 is 0 Å². The number of hydrogen-bond acceptors (Lipinski definition) is 3. The molecule has 1 unspecified atom stereocenters. The van der Waals surface area contributed by atoms with Crippen molar-refractivity contribution in [1.82, 2.24) is 5.32 Å². The third-order valence-corrected chi connectivity index (χ3v) is 2.87. The van der Waals surface area contributed by atoms with Gasteiger partial charge < -0.3 is 10.2 Å². The lowest BCUT2D eigenvalue weighted by molar-refractivity contribution is -0.125. The zero-order valence-corrected chi connectivity index (χ0v) is 11.5. The standard InChI is InChI=1S/C13H18N2O2S/c1-3-15(11-7-5-4-6-8-11)13(17)12(9-18)14-10(2)16/h4-8,12,18H,3,9H2,1-2H3,(H,14,16). The van der Waals surface area contributed by atoms with Gasteiger partial charge in [-0.2, -0.15) is 12.6 Å². The van der Waals surface area contributed by atoms with Gasteiger partial charge >= 0.3 is 0 Å². The maximum atomic E-state index is 12.3. The first kappa shape index (κ1) is 14.6. The molecule has 5 heteroatoms. The lowest BCUT2D eigenvalue weighted by atomic mass is 10.2. The summed E-state index contributed by atoms with van der Waals surface area (Å²) >= 11 is 4.11. The highest BCUT2D eigenvalue weighted by Crippen LogP contribution is 2.14. The van der Waals surface area contributed by atoms with E-state index in [9.17, 15) is 9.59 Å². The quantitative estimate of drug-likeness (QED) is 0.793. The molecular formula is C13H18N2O2S. The molecule has 1 aromatic carbocycles. The van der Waals surface area contributed by atoms with Crippen molar-refractivity contribution in [3.63, 3.8) is 0 Å². The highest BCUT2D eigenvalue weighted by atomic mass is 32.1. The molecule has 0 saturated heterocycles. The molecule has 1 atom stereocenters. The van der Waals surface area contributed by atoms with Crippen molar-refractivity contribution in [2.45, 2.75) is 19.9 Å². The molecule has 0 aromatic heterocycles. The Morgan fingerprint density at radius 2 is 1.94 bits per heavy atom. The fraction of sp³-hybridized carbons (Fsp3) is 0.385. The number of amides is 2. The van der Waals surface area contributed by atoms with Crippen LogP contribution in [0, 0.1) is 0 Å². The number of carbonyl (C=O) groups excluding carboxylic acids is 2. The molecule has 1 N–H and O–H groups in total. The number of benzene rings is 1. The number of thiol groups is 1. The van der Waals surface area contributed by atoms with Gasteiger partial charge in [-0.05, 0) is 19.1 Å². The Kier molecular flexibility index (Phi) is 5.71. The molecule has 0 bridgehead atoms. The molecule has 0 aliphatic heterocycles. The smallest absolute Gasteiger partial charge is 0.250 e. The molecule has 2 amide bonds. The number of nitrogens with zero attached hydrogens (tertiary/aromatic N) is 1. The van der Waals surface area contributed by atoms with Gasteiger partial charge in [0.25, 0.3) is 0 Å². The predicted molar refractivity (Wildman–Crippen MR) is 75.9 cm³/mol. The summed E-state index contributed by atoms with van der Waals surface area (Å²) in [6.45, 7) is 3.84. The van der Waals surface area contributed by atoms with E-state index in [4.69, 9.17) is 0 Å². The summed E-state index contributed by atoms with van der Waals surface area (Å²) in [4.78, 5) is 25.0. The van der Waals surface area contributed by atoms with E-state index in [1.165, 1.54) is 6.92 Å². The van der Waals surface area contributed by atoms with E-state index in [0.717, 1.165) is 5.69 Å². The molecule has 0 fully saturated rings. The zero-order valence-electron chi connectivity index (χ0n) is 10.6. The SMILES string of the molecule is CCN(C(=O)C(CS)NC(C)=O)c1ccccc1. The number of para-hydroxylation sites is 1. The Morgan fingerprint density at radius 3 is 2.39 bits per heavy atom. The molecule has 0 heterocycles. The summed E-state index contributed by atoms with van der Waals surface area (Å²) in [5.74, 6) is -0.0951. The summed E-state index contributed by atoms with van der Waals surface area (Å²) < 4.78 is 0. The fourth-order valence-corrected chi connectivity index (χ4v) is 1.94. The van der Waals surface area contributed by atoms with Crippen molar-refractivity contribution in [2.75, 3.05) is 17.2 Å². The average Bonchev–Trinajstić information content (AvgIpc) is 2.37. The van der Waals surface area contributed by atoms with E-state index in [2.05, 4.69) is 17.9 Å². The number of likely N-dealkylation sites (N-methyl/N-ethyl adjacent to an activating group) is 1. The second kappa shape index (κ2) is 7.06. The summed E-state index contributed by atoms with van der Waals surface area (Å²) in [7, 11) is 0. The molecule has 18 heavy (non-hydrogen) atoms. The van der Waals surface area contributed by atoms with Crippen molar-refractivity contribution in [3.8, 4) is 0 Å². The van der Waals surface area contributed by atoms with Crippen LogP contribution in [0.2, 0.25) is 0 Å². The van der Waals surface area contributed by atoms with Gasteiger partial charge in [-0.1, -0.05) is 18.2 Å². The molecular weight excluding hydrogens is 248 g/mol. The monoisotopic (exact) mass is 266 g/mol. The van der Waals surface area contributed by atoms with Crippen molar-refractivity contribution in [1.29, 1.82) is 0 Å². The molecule has 0 saturated carbocycles. The molecule has 4 nitrogen and oxygen atoms in total. The van der Waals surface area contributed by atoms with Crippen LogP contribution in [0.5, 0.6) is 0 Å². The van der Waals surface area contributed by atoms with Crippen LogP contribution in [0.3, 0.4) is 0 Å². The van der Waals surface area contributed by atoms with Gasteiger partial charge in [-0.25, -0.2) is 0 Å². The minimum Gasteiger partial charge on any atom is -0.344 e. The number of rotatable bonds is 5. The predicted octanol–water partition coefficient (Wildman–Crippen LogP) is 1.47.